The van der Waals surface area contributed by atoms with E-state index in [2.05, 4.69) is 25.7 Å². The van der Waals surface area contributed by atoms with Crippen LogP contribution in [-0.2, 0) is 13.1 Å². The number of hydrogen-bond acceptors (Lipinski definition) is 4. The molecule has 0 saturated heterocycles. The van der Waals surface area contributed by atoms with Gasteiger partial charge in [-0.25, -0.2) is 4.98 Å². The van der Waals surface area contributed by atoms with E-state index in [4.69, 9.17) is 4.74 Å². The zero-order valence-electron chi connectivity index (χ0n) is 14.1. The molecule has 0 unspecified atom stereocenters. The highest BCUT2D eigenvalue weighted by atomic mass is 127. The first kappa shape index (κ1) is 20.2. The standard InChI is InChI=1S/C16H24N6O.HI/c1-3-23-15-14(7-4-8-18-15)13-20-16(17-2)19-9-5-11-22-12-6-10-21-22;/h4,6-8,10,12H,3,5,9,11,13H2,1-2H3,(H2,17,19,20);1H. The number of guanidine groups is 1. The summed E-state index contributed by atoms with van der Waals surface area (Å²) in [6.07, 6.45) is 6.46. The average molecular weight is 444 g/mol. The van der Waals surface area contributed by atoms with Crippen LogP contribution in [0, 0.1) is 0 Å². The maximum absolute atomic E-state index is 5.52. The third kappa shape index (κ3) is 6.73. The van der Waals surface area contributed by atoms with Gasteiger partial charge >= 0.3 is 0 Å². The molecule has 0 saturated carbocycles. The predicted octanol–water partition coefficient (Wildman–Crippen LogP) is 2.05. The van der Waals surface area contributed by atoms with Gasteiger partial charge in [-0.05, 0) is 25.5 Å². The summed E-state index contributed by atoms with van der Waals surface area (Å²) in [7, 11) is 1.76. The number of aromatic nitrogens is 3. The van der Waals surface area contributed by atoms with E-state index in [1.165, 1.54) is 0 Å². The summed E-state index contributed by atoms with van der Waals surface area (Å²) >= 11 is 0. The van der Waals surface area contributed by atoms with Crippen molar-refractivity contribution in [2.24, 2.45) is 4.99 Å². The van der Waals surface area contributed by atoms with Crippen molar-refractivity contribution < 1.29 is 4.74 Å². The van der Waals surface area contributed by atoms with E-state index in [9.17, 15) is 0 Å². The van der Waals surface area contributed by atoms with Crippen LogP contribution in [0.25, 0.3) is 0 Å². The highest BCUT2D eigenvalue weighted by Crippen LogP contribution is 2.13. The van der Waals surface area contributed by atoms with Gasteiger partial charge in [-0.1, -0.05) is 6.07 Å². The molecule has 0 fully saturated rings. The molecule has 8 heteroatoms. The number of nitrogens with zero attached hydrogens (tertiary/aromatic N) is 4. The first-order chi connectivity index (χ1) is 11.3. The molecule has 2 rings (SSSR count). The van der Waals surface area contributed by atoms with E-state index < -0.39 is 0 Å². The van der Waals surface area contributed by atoms with Gasteiger partial charge in [0.05, 0.1) is 6.61 Å². The van der Waals surface area contributed by atoms with Gasteiger partial charge in [-0.15, -0.1) is 24.0 Å². The Balaban J connectivity index is 0.00000288. The maximum Gasteiger partial charge on any atom is 0.218 e. The number of aliphatic imine (C=N–C) groups is 1. The Morgan fingerprint density at radius 1 is 1.29 bits per heavy atom. The van der Waals surface area contributed by atoms with Crippen molar-refractivity contribution >= 4 is 29.9 Å². The zero-order valence-corrected chi connectivity index (χ0v) is 16.4. The lowest BCUT2D eigenvalue weighted by atomic mass is 10.2. The molecule has 0 spiro atoms. The fourth-order valence-corrected chi connectivity index (χ4v) is 2.11. The van der Waals surface area contributed by atoms with Gasteiger partial charge < -0.3 is 15.4 Å². The molecule has 0 aliphatic heterocycles. The number of aryl methyl sites for hydroxylation is 1. The first-order valence-electron chi connectivity index (χ1n) is 7.82. The van der Waals surface area contributed by atoms with E-state index in [0.717, 1.165) is 31.0 Å². The molecule has 2 aromatic heterocycles. The second-order valence-electron chi connectivity index (χ2n) is 4.88. The van der Waals surface area contributed by atoms with Crippen molar-refractivity contribution in [1.82, 2.24) is 25.4 Å². The minimum Gasteiger partial charge on any atom is -0.478 e. The van der Waals surface area contributed by atoms with Crippen molar-refractivity contribution in [2.45, 2.75) is 26.4 Å². The van der Waals surface area contributed by atoms with Gasteiger partial charge in [0.1, 0.15) is 0 Å². The van der Waals surface area contributed by atoms with Crippen molar-refractivity contribution in [2.75, 3.05) is 20.2 Å². The molecular weight excluding hydrogens is 419 g/mol. The van der Waals surface area contributed by atoms with Gasteiger partial charge in [-0.2, -0.15) is 5.10 Å². The molecule has 0 aliphatic carbocycles. The van der Waals surface area contributed by atoms with Crippen LogP contribution in [0.1, 0.15) is 18.9 Å². The molecule has 132 valence electrons. The molecule has 0 radical (unpaired) electrons. The maximum atomic E-state index is 5.52. The minimum atomic E-state index is 0. The normalized spacial score (nSPS) is 10.8. The average Bonchev–Trinajstić information content (AvgIpc) is 3.09. The molecule has 7 nitrogen and oxygen atoms in total. The Kier molecular flexibility index (Phi) is 9.81. The van der Waals surface area contributed by atoms with Crippen LogP contribution in [0.3, 0.4) is 0 Å². The van der Waals surface area contributed by atoms with Crippen LogP contribution < -0.4 is 15.4 Å². The molecule has 0 amide bonds. The molecule has 2 N–H and O–H groups in total. The lowest BCUT2D eigenvalue weighted by Crippen LogP contribution is -2.37. The Hall–Kier alpha value is -1.84. The Morgan fingerprint density at radius 2 is 2.17 bits per heavy atom. The number of rotatable bonds is 8. The SMILES string of the molecule is CCOc1ncccc1CNC(=NC)NCCCn1cccn1.I. The van der Waals surface area contributed by atoms with Crippen LogP contribution in [-0.4, -0.2) is 40.9 Å². The van der Waals surface area contributed by atoms with Crippen molar-refractivity contribution in [3.63, 3.8) is 0 Å². The van der Waals surface area contributed by atoms with Gasteiger partial charge in [-0.3, -0.25) is 9.67 Å². The van der Waals surface area contributed by atoms with Gasteiger partial charge in [0.2, 0.25) is 5.88 Å². The Bertz CT molecular complexity index is 602. The van der Waals surface area contributed by atoms with Crippen LogP contribution in [0.4, 0.5) is 0 Å². The topological polar surface area (TPSA) is 76.4 Å². The minimum absolute atomic E-state index is 0. The highest BCUT2D eigenvalue weighted by molar-refractivity contribution is 14.0. The Morgan fingerprint density at radius 3 is 2.88 bits per heavy atom. The van der Waals surface area contributed by atoms with E-state index in [-0.39, 0.29) is 24.0 Å². The van der Waals surface area contributed by atoms with Gasteiger partial charge in [0.25, 0.3) is 0 Å². The fraction of sp³-hybridized carbons (Fsp3) is 0.438. The molecular formula is C16H25IN6O. The van der Waals surface area contributed by atoms with Crippen molar-refractivity contribution in [1.29, 1.82) is 0 Å². The quantitative estimate of drug-likeness (QED) is 0.282. The fourth-order valence-electron chi connectivity index (χ4n) is 2.11. The number of ether oxygens (including phenoxy) is 1. The van der Waals surface area contributed by atoms with E-state index >= 15 is 0 Å². The molecule has 0 atom stereocenters. The summed E-state index contributed by atoms with van der Waals surface area (Å²) in [5.41, 5.74) is 1.01. The largest absolute Gasteiger partial charge is 0.478 e. The number of hydrogen-bond donors (Lipinski definition) is 2. The van der Waals surface area contributed by atoms with Crippen LogP contribution in [0.15, 0.2) is 41.8 Å². The monoisotopic (exact) mass is 444 g/mol. The Labute approximate surface area is 159 Å². The molecule has 24 heavy (non-hydrogen) atoms. The second kappa shape index (κ2) is 11.7. The summed E-state index contributed by atoms with van der Waals surface area (Å²) in [6.45, 7) is 4.87. The molecule has 0 bridgehead atoms. The lowest BCUT2D eigenvalue weighted by molar-refractivity contribution is 0.322. The van der Waals surface area contributed by atoms with Crippen LogP contribution in [0.2, 0.25) is 0 Å². The van der Waals surface area contributed by atoms with Crippen LogP contribution in [0.5, 0.6) is 5.88 Å². The summed E-state index contributed by atoms with van der Waals surface area (Å²) in [6, 6.07) is 5.83. The van der Waals surface area contributed by atoms with E-state index in [1.807, 2.05) is 36.0 Å². The molecule has 0 aromatic carbocycles. The third-order valence-electron chi connectivity index (χ3n) is 3.22. The predicted molar refractivity (Wildman–Crippen MR) is 106 cm³/mol. The van der Waals surface area contributed by atoms with E-state index in [1.54, 1.807) is 19.4 Å². The summed E-state index contributed by atoms with van der Waals surface area (Å²) in [4.78, 5) is 8.47. The summed E-state index contributed by atoms with van der Waals surface area (Å²) in [5.74, 6) is 1.42. The molecule has 2 aromatic rings. The number of pyridine rings is 1. The van der Waals surface area contributed by atoms with Gasteiger partial charge in [0, 0.05) is 50.8 Å². The van der Waals surface area contributed by atoms with Crippen LogP contribution >= 0.6 is 24.0 Å². The van der Waals surface area contributed by atoms with Crippen molar-refractivity contribution in [3.8, 4) is 5.88 Å². The third-order valence-corrected chi connectivity index (χ3v) is 3.22. The highest BCUT2D eigenvalue weighted by Gasteiger charge is 2.05. The lowest BCUT2D eigenvalue weighted by Gasteiger charge is -2.13. The second-order valence-corrected chi connectivity index (χ2v) is 4.88. The summed E-state index contributed by atoms with van der Waals surface area (Å²) < 4.78 is 7.44. The van der Waals surface area contributed by atoms with Crippen molar-refractivity contribution in [3.05, 3.63) is 42.4 Å². The number of nitrogens with one attached hydrogen (secondary N) is 2. The first-order valence-corrected chi connectivity index (χ1v) is 7.82. The molecule has 0 aliphatic rings. The smallest absolute Gasteiger partial charge is 0.218 e. The molecule has 2 heterocycles. The summed E-state index contributed by atoms with van der Waals surface area (Å²) in [5, 5.41) is 10.7. The number of halogens is 1. The van der Waals surface area contributed by atoms with E-state index in [0.29, 0.717) is 19.0 Å². The zero-order chi connectivity index (χ0) is 16.3. The van der Waals surface area contributed by atoms with Gasteiger partial charge in [0.15, 0.2) is 5.96 Å².